The Bertz CT molecular complexity index is 650. The Morgan fingerprint density at radius 3 is 2.38 bits per heavy atom. The van der Waals surface area contributed by atoms with Crippen LogP contribution in [0.2, 0.25) is 0 Å². The molecule has 0 bridgehead atoms. The summed E-state index contributed by atoms with van der Waals surface area (Å²) in [5.74, 6) is -0.642. The van der Waals surface area contributed by atoms with Gasteiger partial charge in [0.05, 0.1) is 12.7 Å². The van der Waals surface area contributed by atoms with Crippen molar-refractivity contribution in [2.24, 2.45) is 5.41 Å². The molecule has 0 saturated heterocycles. The van der Waals surface area contributed by atoms with Gasteiger partial charge in [-0.15, -0.1) is 0 Å². The number of amides is 2. The van der Waals surface area contributed by atoms with Gasteiger partial charge in [-0.2, -0.15) is 0 Å². The van der Waals surface area contributed by atoms with Gasteiger partial charge in [0.25, 0.3) is 0 Å². The Balaban J connectivity index is 2.34. The normalized spacial score (nSPS) is 10.9. The molecule has 1 aromatic carbocycles. The fourth-order valence-electron chi connectivity index (χ4n) is 2.23. The zero-order valence-corrected chi connectivity index (χ0v) is 15.8. The smallest absolute Gasteiger partial charge is 0.335 e. The van der Waals surface area contributed by atoms with Crippen LogP contribution in [0, 0.1) is 5.41 Å². The molecule has 144 valence electrons. The molecule has 0 radical (unpaired) electrons. The minimum Gasteiger partial charge on any atom is -0.496 e. The number of hydrogen-bond acceptors (Lipinski definition) is 4. The van der Waals surface area contributed by atoms with Crippen LogP contribution in [-0.2, 0) is 16.0 Å². The van der Waals surface area contributed by atoms with E-state index in [1.807, 2.05) is 20.8 Å². The molecule has 3 N–H and O–H groups in total. The Kier molecular flexibility index (Phi) is 8.09. The van der Waals surface area contributed by atoms with Crippen LogP contribution < -0.4 is 15.4 Å². The number of hydrogen-bond donors (Lipinski definition) is 3. The van der Waals surface area contributed by atoms with Crippen molar-refractivity contribution in [3.63, 3.8) is 0 Å². The molecular formula is C19H28N2O5. The molecule has 0 aliphatic carbocycles. The summed E-state index contributed by atoms with van der Waals surface area (Å²) in [5.41, 5.74) is 0.555. The van der Waals surface area contributed by atoms with Crippen molar-refractivity contribution >= 4 is 17.8 Å². The van der Waals surface area contributed by atoms with E-state index in [2.05, 4.69) is 10.6 Å². The van der Waals surface area contributed by atoms with Gasteiger partial charge >= 0.3 is 5.97 Å². The molecule has 0 aliphatic rings. The van der Waals surface area contributed by atoms with Gasteiger partial charge in [-0.05, 0) is 30.5 Å². The summed E-state index contributed by atoms with van der Waals surface area (Å²) in [4.78, 5) is 34.5. The quantitative estimate of drug-likeness (QED) is 0.581. The van der Waals surface area contributed by atoms with Crippen molar-refractivity contribution in [2.75, 3.05) is 20.2 Å². The van der Waals surface area contributed by atoms with Crippen LogP contribution in [0.1, 0.15) is 49.5 Å². The maximum Gasteiger partial charge on any atom is 0.335 e. The van der Waals surface area contributed by atoms with Gasteiger partial charge in [-0.25, -0.2) is 4.79 Å². The molecule has 0 spiro atoms. The molecule has 0 heterocycles. The second kappa shape index (κ2) is 9.79. The lowest BCUT2D eigenvalue weighted by Gasteiger charge is -2.17. The highest BCUT2D eigenvalue weighted by atomic mass is 16.5. The SMILES string of the molecule is COc1cc(C(=O)O)ccc1CCNC(=O)CCCNC(=O)C(C)(C)C. The summed E-state index contributed by atoms with van der Waals surface area (Å²) < 4.78 is 5.21. The molecule has 0 unspecified atom stereocenters. The molecule has 26 heavy (non-hydrogen) atoms. The summed E-state index contributed by atoms with van der Waals surface area (Å²) in [7, 11) is 1.48. The van der Waals surface area contributed by atoms with Crippen LogP contribution >= 0.6 is 0 Å². The monoisotopic (exact) mass is 364 g/mol. The van der Waals surface area contributed by atoms with Gasteiger partial charge in [0.1, 0.15) is 5.75 Å². The molecular weight excluding hydrogens is 336 g/mol. The summed E-state index contributed by atoms with van der Waals surface area (Å²) in [5, 5.41) is 14.6. The number of carbonyl (C=O) groups excluding carboxylic acids is 2. The first-order valence-corrected chi connectivity index (χ1v) is 8.60. The highest BCUT2D eigenvalue weighted by molar-refractivity contribution is 5.88. The van der Waals surface area contributed by atoms with Crippen LogP contribution in [0.25, 0.3) is 0 Å². The zero-order valence-electron chi connectivity index (χ0n) is 15.8. The molecule has 0 aliphatic heterocycles. The van der Waals surface area contributed by atoms with Crippen molar-refractivity contribution in [1.29, 1.82) is 0 Å². The molecule has 1 rings (SSSR count). The van der Waals surface area contributed by atoms with Crippen LogP contribution in [-0.4, -0.2) is 43.1 Å². The second-order valence-corrected chi connectivity index (χ2v) is 7.04. The summed E-state index contributed by atoms with van der Waals surface area (Å²) >= 11 is 0. The van der Waals surface area contributed by atoms with Crippen LogP contribution in [0.3, 0.4) is 0 Å². The first-order valence-electron chi connectivity index (χ1n) is 8.60. The average molecular weight is 364 g/mol. The third-order valence-corrected chi connectivity index (χ3v) is 3.80. The third kappa shape index (κ3) is 7.13. The summed E-state index contributed by atoms with van der Waals surface area (Å²) in [6.07, 6.45) is 1.44. The maximum atomic E-state index is 11.8. The van der Waals surface area contributed by atoms with E-state index in [0.29, 0.717) is 38.1 Å². The first kappa shape index (κ1) is 21.5. The van der Waals surface area contributed by atoms with E-state index in [9.17, 15) is 14.4 Å². The van der Waals surface area contributed by atoms with E-state index >= 15 is 0 Å². The fourth-order valence-corrected chi connectivity index (χ4v) is 2.23. The Morgan fingerprint density at radius 1 is 1.12 bits per heavy atom. The average Bonchev–Trinajstić information content (AvgIpc) is 2.57. The highest BCUT2D eigenvalue weighted by Crippen LogP contribution is 2.20. The van der Waals surface area contributed by atoms with Crippen molar-refractivity contribution in [3.8, 4) is 5.75 Å². The lowest BCUT2D eigenvalue weighted by Crippen LogP contribution is -2.35. The Morgan fingerprint density at radius 2 is 1.81 bits per heavy atom. The molecule has 7 nitrogen and oxygen atoms in total. The Hall–Kier alpha value is -2.57. The van der Waals surface area contributed by atoms with E-state index in [0.717, 1.165) is 5.56 Å². The van der Waals surface area contributed by atoms with Gasteiger partial charge in [0, 0.05) is 24.9 Å². The maximum absolute atomic E-state index is 11.8. The van der Waals surface area contributed by atoms with Gasteiger partial charge in [0.2, 0.25) is 11.8 Å². The number of carbonyl (C=O) groups is 3. The molecule has 7 heteroatoms. The largest absolute Gasteiger partial charge is 0.496 e. The van der Waals surface area contributed by atoms with Crippen LogP contribution in [0.15, 0.2) is 18.2 Å². The van der Waals surface area contributed by atoms with Crippen LogP contribution in [0.5, 0.6) is 5.75 Å². The van der Waals surface area contributed by atoms with E-state index in [-0.39, 0.29) is 17.4 Å². The number of nitrogens with one attached hydrogen (secondary N) is 2. The molecule has 0 fully saturated rings. The first-order chi connectivity index (χ1) is 12.1. The van der Waals surface area contributed by atoms with E-state index in [4.69, 9.17) is 9.84 Å². The van der Waals surface area contributed by atoms with E-state index < -0.39 is 11.4 Å². The predicted octanol–water partition coefficient (Wildman–Crippen LogP) is 1.99. The van der Waals surface area contributed by atoms with Gasteiger partial charge < -0.3 is 20.5 Å². The van der Waals surface area contributed by atoms with Crippen molar-refractivity contribution < 1.29 is 24.2 Å². The molecule has 0 aromatic heterocycles. The summed E-state index contributed by atoms with van der Waals surface area (Å²) in [6.45, 7) is 6.41. The number of rotatable bonds is 9. The number of aromatic carboxylic acids is 1. The lowest BCUT2D eigenvalue weighted by atomic mass is 9.96. The minimum atomic E-state index is -1.01. The van der Waals surface area contributed by atoms with Gasteiger partial charge in [-0.1, -0.05) is 26.8 Å². The molecule has 1 aromatic rings. The molecule has 0 atom stereocenters. The lowest BCUT2D eigenvalue weighted by molar-refractivity contribution is -0.128. The number of ether oxygens (including phenoxy) is 1. The van der Waals surface area contributed by atoms with E-state index in [1.54, 1.807) is 6.07 Å². The van der Waals surface area contributed by atoms with Crippen molar-refractivity contribution in [3.05, 3.63) is 29.3 Å². The molecule has 0 saturated carbocycles. The predicted molar refractivity (Wildman–Crippen MR) is 98.4 cm³/mol. The molecule has 2 amide bonds. The van der Waals surface area contributed by atoms with Gasteiger partial charge in [-0.3, -0.25) is 9.59 Å². The zero-order chi connectivity index (χ0) is 19.7. The summed E-state index contributed by atoms with van der Waals surface area (Å²) in [6, 6.07) is 4.67. The van der Waals surface area contributed by atoms with Crippen molar-refractivity contribution in [1.82, 2.24) is 10.6 Å². The third-order valence-electron chi connectivity index (χ3n) is 3.80. The number of carboxylic acids is 1. The van der Waals surface area contributed by atoms with Crippen molar-refractivity contribution in [2.45, 2.75) is 40.0 Å². The number of carboxylic acid groups (broad SMARTS) is 1. The standard InChI is InChI=1S/C19H28N2O5/c1-19(2,3)18(25)21-10-5-6-16(22)20-11-9-13-7-8-14(17(23)24)12-15(13)26-4/h7-8,12H,5-6,9-11H2,1-4H3,(H,20,22)(H,21,25)(H,23,24). The van der Waals surface area contributed by atoms with Crippen LogP contribution in [0.4, 0.5) is 0 Å². The number of benzene rings is 1. The van der Waals surface area contributed by atoms with E-state index in [1.165, 1.54) is 19.2 Å². The fraction of sp³-hybridized carbons (Fsp3) is 0.526. The topological polar surface area (TPSA) is 105 Å². The minimum absolute atomic E-state index is 0.0326. The second-order valence-electron chi connectivity index (χ2n) is 7.04. The number of methoxy groups -OCH3 is 1. The highest BCUT2D eigenvalue weighted by Gasteiger charge is 2.20. The van der Waals surface area contributed by atoms with Gasteiger partial charge in [0.15, 0.2) is 0 Å². The Labute approximate surface area is 154 Å².